The van der Waals surface area contributed by atoms with Crippen molar-refractivity contribution >= 4 is 22.6 Å². The summed E-state index contributed by atoms with van der Waals surface area (Å²) in [6.45, 7) is 1.90. The van der Waals surface area contributed by atoms with Crippen LogP contribution in [-0.2, 0) is 16.1 Å². The fraction of sp³-hybridized carbons (Fsp3) is 0.435. The summed E-state index contributed by atoms with van der Waals surface area (Å²) >= 11 is 0. The molecule has 0 unspecified atom stereocenters. The molecule has 2 aromatic heterocycles. The van der Waals surface area contributed by atoms with E-state index in [9.17, 15) is 4.79 Å². The zero-order valence-electron chi connectivity index (χ0n) is 17.1. The lowest BCUT2D eigenvalue weighted by molar-refractivity contribution is -0.131. The molecular formula is C23H27N5O2. The van der Waals surface area contributed by atoms with Gasteiger partial charge in [0.1, 0.15) is 12.4 Å². The van der Waals surface area contributed by atoms with E-state index in [0.29, 0.717) is 11.8 Å². The van der Waals surface area contributed by atoms with Gasteiger partial charge in [0.05, 0.1) is 17.7 Å². The molecule has 30 heavy (non-hydrogen) atoms. The Morgan fingerprint density at radius 1 is 1.13 bits per heavy atom. The Hall–Kier alpha value is -2.93. The van der Waals surface area contributed by atoms with Gasteiger partial charge in [-0.2, -0.15) is 5.10 Å². The minimum absolute atomic E-state index is 0.125. The lowest BCUT2D eigenvalue weighted by atomic mass is 9.77. The first-order valence-electron chi connectivity index (χ1n) is 10.6. The SMILES string of the molecule is CO[C@@H]1C[C@H]2CN(C(=O)Cn3cc4ccccc4n3)C[C@H]2C[C@H]1Nc1ccccn1. The average molecular weight is 406 g/mol. The predicted octanol–water partition coefficient (Wildman–Crippen LogP) is 2.80. The predicted molar refractivity (Wildman–Crippen MR) is 115 cm³/mol. The number of methoxy groups -OCH3 is 1. The van der Waals surface area contributed by atoms with Crippen molar-refractivity contribution < 1.29 is 9.53 Å². The van der Waals surface area contributed by atoms with E-state index >= 15 is 0 Å². The van der Waals surface area contributed by atoms with Crippen LogP contribution in [0.1, 0.15) is 12.8 Å². The van der Waals surface area contributed by atoms with Crippen LogP contribution in [0.15, 0.2) is 54.9 Å². The number of carbonyl (C=O) groups is 1. The number of nitrogens with zero attached hydrogens (tertiary/aromatic N) is 4. The van der Waals surface area contributed by atoms with Crippen LogP contribution < -0.4 is 5.32 Å². The van der Waals surface area contributed by atoms with Gasteiger partial charge in [0.2, 0.25) is 5.91 Å². The number of hydrogen-bond donors (Lipinski definition) is 1. The number of rotatable bonds is 5. The molecule has 1 aliphatic heterocycles. The third-order valence-corrected chi connectivity index (χ3v) is 6.53. The molecule has 156 valence electrons. The van der Waals surface area contributed by atoms with Gasteiger partial charge in [-0.1, -0.05) is 24.3 Å². The van der Waals surface area contributed by atoms with Gasteiger partial charge in [-0.15, -0.1) is 0 Å². The van der Waals surface area contributed by atoms with Gasteiger partial charge in [-0.3, -0.25) is 9.48 Å². The maximum atomic E-state index is 13.0. The van der Waals surface area contributed by atoms with Crippen molar-refractivity contribution in [3.8, 4) is 0 Å². The first kappa shape index (κ1) is 19.1. The Labute approximate surface area is 176 Å². The van der Waals surface area contributed by atoms with E-state index in [4.69, 9.17) is 4.74 Å². The van der Waals surface area contributed by atoms with Crippen LogP contribution in [0.5, 0.6) is 0 Å². The fourth-order valence-corrected chi connectivity index (χ4v) is 5.00. The largest absolute Gasteiger partial charge is 0.379 e. The summed E-state index contributed by atoms with van der Waals surface area (Å²) in [5.41, 5.74) is 0.923. The molecule has 0 bridgehead atoms. The molecule has 1 amide bonds. The number of pyridine rings is 1. The van der Waals surface area contributed by atoms with Gasteiger partial charge in [-0.25, -0.2) is 4.98 Å². The van der Waals surface area contributed by atoms with E-state index in [-0.39, 0.29) is 24.6 Å². The van der Waals surface area contributed by atoms with Crippen molar-refractivity contribution in [2.45, 2.75) is 31.5 Å². The van der Waals surface area contributed by atoms with Crippen LogP contribution in [0.25, 0.3) is 10.9 Å². The number of carbonyl (C=O) groups excluding carboxylic acids is 1. The first-order chi connectivity index (χ1) is 14.7. The van der Waals surface area contributed by atoms with Gasteiger partial charge in [0.15, 0.2) is 0 Å². The maximum absolute atomic E-state index is 13.0. The molecule has 1 saturated heterocycles. The van der Waals surface area contributed by atoms with Crippen molar-refractivity contribution in [1.82, 2.24) is 19.7 Å². The molecule has 5 rings (SSSR count). The minimum atomic E-state index is 0.125. The van der Waals surface area contributed by atoms with Crippen LogP contribution >= 0.6 is 0 Å². The normalized spacial score (nSPS) is 26.0. The number of aromatic nitrogens is 3. The first-order valence-corrected chi connectivity index (χ1v) is 10.6. The number of nitrogens with one attached hydrogen (secondary N) is 1. The van der Waals surface area contributed by atoms with Crippen LogP contribution in [0, 0.1) is 11.8 Å². The second-order valence-electron chi connectivity index (χ2n) is 8.42. The summed E-state index contributed by atoms with van der Waals surface area (Å²) in [4.78, 5) is 19.4. The molecule has 1 saturated carbocycles. The number of hydrogen-bond acceptors (Lipinski definition) is 5. The number of benzene rings is 1. The van der Waals surface area contributed by atoms with Crippen molar-refractivity contribution in [3.63, 3.8) is 0 Å². The van der Waals surface area contributed by atoms with E-state index in [1.807, 2.05) is 53.6 Å². The summed E-state index contributed by atoms with van der Waals surface area (Å²) in [5, 5.41) is 9.13. The zero-order chi connectivity index (χ0) is 20.5. The number of anilines is 1. The number of ether oxygens (including phenoxy) is 1. The summed E-state index contributed by atoms with van der Waals surface area (Å²) < 4.78 is 7.56. The van der Waals surface area contributed by atoms with E-state index in [1.165, 1.54) is 0 Å². The Balaban J connectivity index is 1.24. The van der Waals surface area contributed by atoms with E-state index in [1.54, 1.807) is 18.0 Å². The quantitative estimate of drug-likeness (QED) is 0.707. The second kappa shape index (κ2) is 8.07. The van der Waals surface area contributed by atoms with Crippen LogP contribution in [-0.4, -0.2) is 57.9 Å². The molecule has 3 aromatic rings. The number of fused-ring (bicyclic) bond motifs is 2. The Kier molecular flexibility index (Phi) is 5.12. The Morgan fingerprint density at radius 3 is 2.70 bits per heavy atom. The lowest BCUT2D eigenvalue weighted by Gasteiger charge is -2.37. The number of amides is 1. The Bertz CT molecular complexity index is 988. The van der Waals surface area contributed by atoms with Crippen molar-refractivity contribution in [1.29, 1.82) is 0 Å². The van der Waals surface area contributed by atoms with E-state index in [2.05, 4.69) is 15.4 Å². The summed E-state index contributed by atoms with van der Waals surface area (Å²) in [5.74, 6) is 1.98. The summed E-state index contributed by atoms with van der Waals surface area (Å²) in [7, 11) is 1.78. The third-order valence-electron chi connectivity index (χ3n) is 6.53. The van der Waals surface area contributed by atoms with Crippen LogP contribution in [0.3, 0.4) is 0 Å². The molecule has 7 nitrogen and oxygen atoms in total. The molecule has 3 heterocycles. The molecule has 1 aromatic carbocycles. The summed E-state index contributed by atoms with van der Waals surface area (Å²) in [6.07, 6.45) is 5.81. The second-order valence-corrected chi connectivity index (χ2v) is 8.42. The van der Waals surface area contributed by atoms with E-state index in [0.717, 1.165) is 42.7 Å². The molecule has 0 radical (unpaired) electrons. The smallest absolute Gasteiger partial charge is 0.244 e. The third kappa shape index (κ3) is 3.77. The molecule has 7 heteroatoms. The zero-order valence-corrected chi connectivity index (χ0v) is 17.1. The topological polar surface area (TPSA) is 72.3 Å². The fourth-order valence-electron chi connectivity index (χ4n) is 5.00. The molecule has 2 aliphatic rings. The van der Waals surface area contributed by atoms with Gasteiger partial charge in [0, 0.05) is 38.0 Å². The van der Waals surface area contributed by atoms with Crippen LogP contribution in [0.2, 0.25) is 0 Å². The monoisotopic (exact) mass is 405 g/mol. The van der Waals surface area contributed by atoms with Gasteiger partial charge in [-0.05, 0) is 42.9 Å². The standard InChI is InChI=1S/C23H27N5O2/c1-30-21-11-18-13-27(12-17(18)10-20(21)25-22-8-4-5-9-24-22)23(29)15-28-14-16-6-2-3-7-19(16)26-28/h2-9,14,17-18,20-21H,10-13,15H2,1H3,(H,24,25)/t17-,18+,20-,21-/m1/s1. The van der Waals surface area contributed by atoms with Gasteiger partial charge < -0.3 is 15.0 Å². The highest BCUT2D eigenvalue weighted by molar-refractivity contribution is 5.80. The van der Waals surface area contributed by atoms with Crippen molar-refractivity contribution in [2.24, 2.45) is 11.8 Å². The summed E-state index contributed by atoms with van der Waals surface area (Å²) in [6, 6.07) is 14.0. The highest BCUT2D eigenvalue weighted by atomic mass is 16.5. The highest BCUT2D eigenvalue weighted by Crippen LogP contribution is 2.38. The van der Waals surface area contributed by atoms with Gasteiger partial charge in [0.25, 0.3) is 0 Å². The maximum Gasteiger partial charge on any atom is 0.244 e. The molecule has 1 N–H and O–H groups in total. The highest BCUT2D eigenvalue weighted by Gasteiger charge is 2.43. The molecule has 0 spiro atoms. The molecule has 1 aliphatic carbocycles. The van der Waals surface area contributed by atoms with Crippen LogP contribution in [0.4, 0.5) is 5.82 Å². The Morgan fingerprint density at radius 2 is 1.93 bits per heavy atom. The average Bonchev–Trinajstić information content (AvgIpc) is 3.36. The minimum Gasteiger partial charge on any atom is -0.379 e. The van der Waals surface area contributed by atoms with Crippen molar-refractivity contribution in [3.05, 3.63) is 54.9 Å². The molecular weight excluding hydrogens is 378 g/mol. The van der Waals surface area contributed by atoms with E-state index < -0.39 is 0 Å². The molecule has 2 fully saturated rings. The van der Waals surface area contributed by atoms with Crippen molar-refractivity contribution in [2.75, 3.05) is 25.5 Å². The number of likely N-dealkylation sites (tertiary alicyclic amines) is 1. The molecule has 4 atom stereocenters. The van der Waals surface area contributed by atoms with Gasteiger partial charge >= 0.3 is 0 Å². The lowest BCUT2D eigenvalue weighted by Crippen LogP contribution is -2.44.